The van der Waals surface area contributed by atoms with E-state index >= 15 is 0 Å². The van der Waals surface area contributed by atoms with Crippen molar-refractivity contribution >= 4 is 60.2 Å². The van der Waals surface area contributed by atoms with Gasteiger partial charge in [-0.3, -0.25) is 5.10 Å². The van der Waals surface area contributed by atoms with Crippen LogP contribution in [-0.4, -0.2) is 15.2 Å². The van der Waals surface area contributed by atoms with E-state index in [9.17, 15) is 0 Å². The van der Waals surface area contributed by atoms with Gasteiger partial charge in [0.05, 0.1) is 10.2 Å². The van der Waals surface area contributed by atoms with Crippen LogP contribution in [0.3, 0.4) is 0 Å². The van der Waals surface area contributed by atoms with Crippen molar-refractivity contribution in [3.05, 3.63) is 52.7 Å². The summed E-state index contributed by atoms with van der Waals surface area (Å²) in [6, 6.07) is 10.4. The Morgan fingerprint density at radius 1 is 1.21 bits per heavy atom. The summed E-state index contributed by atoms with van der Waals surface area (Å²) in [5, 5.41) is 12.4. The van der Waals surface area contributed by atoms with Crippen molar-refractivity contribution in [2.24, 2.45) is 0 Å². The molecular formula is C18H17IN4S. The summed E-state index contributed by atoms with van der Waals surface area (Å²) in [4.78, 5) is 5.90. The monoisotopic (exact) mass is 448 g/mol. The van der Waals surface area contributed by atoms with E-state index in [2.05, 4.69) is 76.2 Å². The number of thiophene rings is 1. The molecule has 0 amide bonds. The van der Waals surface area contributed by atoms with Crippen molar-refractivity contribution in [1.29, 1.82) is 0 Å². The Morgan fingerprint density at radius 3 is 2.75 bits per heavy atom. The van der Waals surface area contributed by atoms with Gasteiger partial charge in [-0.2, -0.15) is 5.10 Å². The zero-order valence-electron chi connectivity index (χ0n) is 13.5. The molecule has 0 unspecified atom stereocenters. The van der Waals surface area contributed by atoms with E-state index in [-0.39, 0.29) is 0 Å². The van der Waals surface area contributed by atoms with Crippen LogP contribution in [0.4, 0.5) is 5.82 Å². The van der Waals surface area contributed by atoms with E-state index in [0.29, 0.717) is 0 Å². The van der Waals surface area contributed by atoms with Gasteiger partial charge in [-0.05, 0) is 30.5 Å². The van der Waals surface area contributed by atoms with Crippen LogP contribution < -0.4 is 5.32 Å². The van der Waals surface area contributed by atoms with Crippen LogP contribution in [0.15, 0.2) is 30.3 Å². The van der Waals surface area contributed by atoms with Crippen molar-refractivity contribution in [2.75, 3.05) is 5.32 Å². The molecule has 0 saturated carbocycles. The van der Waals surface area contributed by atoms with Crippen LogP contribution >= 0.6 is 33.9 Å². The quantitative estimate of drug-likeness (QED) is 0.328. The smallest absolute Gasteiger partial charge is 0.166 e. The number of nitrogens with one attached hydrogen (secondary N) is 2. The van der Waals surface area contributed by atoms with E-state index < -0.39 is 0 Å². The highest BCUT2D eigenvalue weighted by Gasteiger charge is 2.18. The highest BCUT2D eigenvalue weighted by atomic mass is 127. The number of aryl methyl sites for hydroxylation is 2. The Kier molecular flexibility index (Phi) is 4.17. The van der Waals surface area contributed by atoms with Gasteiger partial charge in [0.25, 0.3) is 0 Å². The van der Waals surface area contributed by atoms with Gasteiger partial charge in [0, 0.05) is 22.1 Å². The van der Waals surface area contributed by atoms with Crippen LogP contribution in [0.25, 0.3) is 20.4 Å². The van der Waals surface area contributed by atoms with Gasteiger partial charge in [0.2, 0.25) is 0 Å². The molecule has 0 bridgehead atoms. The third-order valence-electron chi connectivity index (χ3n) is 4.35. The number of hydrogen-bond donors (Lipinski definition) is 2. The molecule has 24 heavy (non-hydrogen) atoms. The summed E-state index contributed by atoms with van der Waals surface area (Å²) < 4.78 is 2.13. The number of rotatable bonds is 4. The maximum atomic E-state index is 4.81. The van der Waals surface area contributed by atoms with E-state index in [1.165, 1.54) is 22.1 Å². The average Bonchev–Trinajstić information content (AvgIpc) is 3.13. The maximum Gasteiger partial charge on any atom is 0.166 e. The van der Waals surface area contributed by atoms with E-state index in [4.69, 9.17) is 4.98 Å². The molecule has 6 heteroatoms. The number of aromatic nitrogens is 3. The fraction of sp³-hybridized carbons (Fsp3) is 0.222. The first-order chi connectivity index (χ1) is 11.7. The second-order valence-corrected chi connectivity index (χ2v) is 7.59. The van der Waals surface area contributed by atoms with Crippen molar-refractivity contribution in [3.63, 3.8) is 0 Å². The third kappa shape index (κ3) is 2.57. The average molecular weight is 448 g/mol. The van der Waals surface area contributed by atoms with E-state index in [0.717, 1.165) is 37.5 Å². The first-order valence-corrected chi connectivity index (χ1v) is 10.1. The number of benzene rings is 1. The molecule has 0 aliphatic heterocycles. The third-order valence-corrected chi connectivity index (χ3v) is 6.21. The lowest BCUT2D eigenvalue weighted by Gasteiger charge is -2.07. The van der Waals surface area contributed by atoms with Gasteiger partial charge in [-0.1, -0.05) is 52.9 Å². The summed E-state index contributed by atoms with van der Waals surface area (Å²) in [6.45, 7) is 5.05. The highest BCUT2D eigenvalue weighted by Crippen LogP contribution is 2.39. The molecule has 2 N–H and O–H groups in total. The van der Waals surface area contributed by atoms with Crippen molar-refractivity contribution < 1.29 is 0 Å². The van der Waals surface area contributed by atoms with Gasteiger partial charge in [-0.25, -0.2) is 4.98 Å². The van der Waals surface area contributed by atoms with Crippen LogP contribution in [0.2, 0.25) is 0 Å². The van der Waals surface area contributed by atoms with Crippen molar-refractivity contribution in [1.82, 2.24) is 15.2 Å². The molecule has 0 spiro atoms. The fourth-order valence-electron chi connectivity index (χ4n) is 3.02. The molecule has 0 radical (unpaired) electrons. The molecule has 0 aliphatic carbocycles. The first kappa shape index (κ1) is 15.8. The van der Waals surface area contributed by atoms with Crippen LogP contribution in [0.5, 0.6) is 0 Å². The minimum atomic E-state index is 0.763. The van der Waals surface area contributed by atoms with Crippen molar-refractivity contribution in [3.8, 4) is 0 Å². The second kappa shape index (κ2) is 6.33. The first-order valence-electron chi connectivity index (χ1n) is 7.79. The normalized spacial score (nSPS) is 11.5. The molecule has 4 nitrogen and oxygen atoms in total. The number of halogens is 1. The summed E-state index contributed by atoms with van der Waals surface area (Å²) in [5.74, 6) is 0.907. The lowest BCUT2D eigenvalue weighted by atomic mass is 10.1. The second-order valence-electron chi connectivity index (χ2n) is 5.83. The van der Waals surface area contributed by atoms with Gasteiger partial charge < -0.3 is 5.32 Å². The predicted molar refractivity (Wildman–Crippen MR) is 110 cm³/mol. The standard InChI is InChI=1S/C18H17IN4S/c1-10-13(8-19)11(2)21-18-14(10)15-16(24-18)17(23-22-15)20-9-12-6-4-3-5-7-12/h3-7H,8-9H2,1-2H3,(H2,20,22,23). The highest BCUT2D eigenvalue weighted by molar-refractivity contribution is 14.1. The minimum Gasteiger partial charge on any atom is -0.363 e. The zero-order valence-corrected chi connectivity index (χ0v) is 16.5. The molecule has 1 aromatic carbocycles. The molecule has 122 valence electrons. The summed E-state index contributed by atoms with van der Waals surface area (Å²) in [6.07, 6.45) is 0. The van der Waals surface area contributed by atoms with E-state index in [1.54, 1.807) is 11.3 Å². The van der Waals surface area contributed by atoms with Crippen LogP contribution in [0.1, 0.15) is 22.4 Å². The molecule has 3 aromatic heterocycles. The number of pyridine rings is 1. The largest absolute Gasteiger partial charge is 0.363 e. The van der Waals surface area contributed by atoms with E-state index in [1.807, 2.05) is 6.07 Å². The summed E-state index contributed by atoms with van der Waals surface area (Å²) in [5.41, 5.74) is 6.12. The lowest BCUT2D eigenvalue weighted by Crippen LogP contribution is -1.99. The zero-order chi connectivity index (χ0) is 16.7. The lowest BCUT2D eigenvalue weighted by molar-refractivity contribution is 1.06. The number of nitrogens with zero attached hydrogens (tertiary/aromatic N) is 2. The number of aromatic amines is 1. The molecule has 0 atom stereocenters. The van der Waals surface area contributed by atoms with Crippen molar-refractivity contribution in [2.45, 2.75) is 24.8 Å². The Hall–Kier alpha value is -1.67. The van der Waals surface area contributed by atoms with Gasteiger partial charge in [0.1, 0.15) is 4.83 Å². The predicted octanol–water partition coefficient (Wildman–Crippen LogP) is 5.34. The summed E-state index contributed by atoms with van der Waals surface area (Å²) >= 11 is 4.12. The molecule has 4 aromatic rings. The Morgan fingerprint density at radius 2 is 2.00 bits per heavy atom. The summed E-state index contributed by atoms with van der Waals surface area (Å²) in [7, 11) is 0. The Bertz CT molecular complexity index is 1020. The number of H-pyrrole nitrogens is 1. The number of alkyl halides is 1. The maximum absolute atomic E-state index is 4.81. The molecule has 0 saturated heterocycles. The Labute approximate surface area is 157 Å². The van der Waals surface area contributed by atoms with Crippen LogP contribution in [-0.2, 0) is 11.0 Å². The van der Waals surface area contributed by atoms with Crippen LogP contribution in [0, 0.1) is 13.8 Å². The van der Waals surface area contributed by atoms with Gasteiger partial charge in [-0.15, -0.1) is 11.3 Å². The Balaban J connectivity index is 1.78. The molecule has 0 aliphatic rings. The molecule has 4 rings (SSSR count). The molecular weight excluding hydrogens is 431 g/mol. The van der Waals surface area contributed by atoms with Gasteiger partial charge >= 0.3 is 0 Å². The molecule has 3 heterocycles. The number of fused-ring (bicyclic) bond motifs is 3. The molecule has 0 fully saturated rings. The topological polar surface area (TPSA) is 53.6 Å². The minimum absolute atomic E-state index is 0.763. The SMILES string of the molecule is Cc1nc2sc3c(NCc4ccccc4)n[nH]c3c2c(C)c1CI. The van der Waals surface area contributed by atoms with Gasteiger partial charge in [0.15, 0.2) is 5.82 Å². The number of hydrogen-bond acceptors (Lipinski definition) is 4. The number of anilines is 1. The fourth-order valence-corrected chi connectivity index (χ4v) is 5.34.